The fourth-order valence-electron chi connectivity index (χ4n) is 3.43. The number of hydrogen-bond acceptors (Lipinski definition) is 6. The SMILES string of the molecule is CCCCc1noc(CN2CCCC2c2cc(OC)ccc2OC)n1. The van der Waals surface area contributed by atoms with Crippen molar-refractivity contribution in [1.29, 1.82) is 0 Å². The van der Waals surface area contributed by atoms with Crippen molar-refractivity contribution in [3.05, 3.63) is 35.5 Å². The van der Waals surface area contributed by atoms with Crippen LogP contribution in [0.3, 0.4) is 0 Å². The van der Waals surface area contributed by atoms with Gasteiger partial charge in [0.2, 0.25) is 5.89 Å². The van der Waals surface area contributed by atoms with Crippen molar-refractivity contribution < 1.29 is 14.0 Å². The lowest BCUT2D eigenvalue weighted by molar-refractivity contribution is 0.208. The van der Waals surface area contributed by atoms with Crippen LogP contribution in [0.5, 0.6) is 11.5 Å². The normalized spacial score (nSPS) is 17.8. The van der Waals surface area contributed by atoms with E-state index >= 15 is 0 Å². The van der Waals surface area contributed by atoms with E-state index in [1.54, 1.807) is 14.2 Å². The van der Waals surface area contributed by atoms with E-state index in [1.165, 1.54) is 0 Å². The monoisotopic (exact) mass is 345 g/mol. The number of likely N-dealkylation sites (tertiary alicyclic amines) is 1. The van der Waals surface area contributed by atoms with Gasteiger partial charge in [0.25, 0.3) is 0 Å². The Morgan fingerprint density at radius 3 is 2.92 bits per heavy atom. The van der Waals surface area contributed by atoms with Gasteiger partial charge in [-0.05, 0) is 44.0 Å². The summed E-state index contributed by atoms with van der Waals surface area (Å²) in [7, 11) is 3.40. The lowest BCUT2D eigenvalue weighted by Gasteiger charge is -2.25. The van der Waals surface area contributed by atoms with E-state index < -0.39 is 0 Å². The molecule has 6 heteroatoms. The van der Waals surface area contributed by atoms with Crippen LogP contribution in [0.1, 0.15) is 55.9 Å². The Hall–Kier alpha value is -2.08. The van der Waals surface area contributed by atoms with E-state index in [9.17, 15) is 0 Å². The van der Waals surface area contributed by atoms with Crippen LogP contribution in [0, 0.1) is 0 Å². The highest BCUT2D eigenvalue weighted by Gasteiger charge is 2.30. The molecule has 1 aromatic carbocycles. The highest BCUT2D eigenvalue weighted by Crippen LogP contribution is 2.39. The molecule has 2 heterocycles. The minimum atomic E-state index is 0.274. The number of ether oxygens (including phenoxy) is 2. The standard InChI is InChI=1S/C19H27N3O3/c1-4-5-8-18-20-19(25-21-18)13-22-11-6-7-16(22)15-12-14(23-2)9-10-17(15)24-3/h9-10,12,16H,4-8,11,13H2,1-3H3. The first-order valence-corrected chi connectivity index (χ1v) is 9.02. The van der Waals surface area contributed by atoms with Crippen molar-refractivity contribution in [2.24, 2.45) is 0 Å². The zero-order valence-corrected chi connectivity index (χ0v) is 15.3. The molecule has 1 aromatic heterocycles. The molecule has 0 amide bonds. The van der Waals surface area contributed by atoms with Gasteiger partial charge in [-0.2, -0.15) is 4.98 Å². The van der Waals surface area contributed by atoms with Gasteiger partial charge in [-0.25, -0.2) is 0 Å². The van der Waals surface area contributed by atoms with Gasteiger partial charge in [0, 0.05) is 18.0 Å². The van der Waals surface area contributed by atoms with E-state index in [2.05, 4.69) is 28.0 Å². The number of hydrogen-bond donors (Lipinski definition) is 0. The van der Waals surface area contributed by atoms with Gasteiger partial charge in [0.1, 0.15) is 11.5 Å². The van der Waals surface area contributed by atoms with Crippen molar-refractivity contribution in [1.82, 2.24) is 15.0 Å². The van der Waals surface area contributed by atoms with Crippen molar-refractivity contribution in [2.75, 3.05) is 20.8 Å². The Morgan fingerprint density at radius 2 is 2.16 bits per heavy atom. The number of aryl methyl sites for hydroxylation is 1. The van der Waals surface area contributed by atoms with Crippen molar-refractivity contribution in [3.63, 3.8) is 0 Å². The highest BCUT2D eigenvalue weighted by atomic mass is 16.5. The third-order valence-corrected chi connectivity index (χ3v) is 4.76. The molecule has 2 aromatic rings. The summed E-state index contributed by atoms with van der Waals surface area (Å²) in [6.45, 7) is 3.85. The summed E-state index contributed by atoms with van der Waals surface area (Å²) in [5, 5.41) is 4.10. The second kappa shape index (κ2) is 8.34. The van der Waals surface area contributed by atoms with Crippen LogP contribution in [0.4, 0.5) is 0 Å². The second-order valence-corrected chi connectivity index (χ2v) is 6.44. The maximum absolute atomic E-state index is 5.57. The fourth-order valence-corrected chi connectivity index (χ4v) is 3.43. The maximum atomic E-state index is 5.57. The molecule has 1 aliphatic rings. The zero-order valence-electron chi connectivity index (χ0n) is 15.3. The van der Waals surface area contributed by atoms with Crippen LogP contribution in [0.2, 0.25) is 0 Å². The zero-order chi connectivity index (χ0) is 17.6. The first kappa shape index (κ1) is 17.7. The summed E-state index contributed by atoms with van der Waals surface area (Å²) in [4.78, 5) is 6.92. The molecule has 136 valence electrons. The Bertz CT molecular complexity index is 686. The van der Waals surface area contributed by atoms with Crippen LogP contribution in [-0.2, 0) is 13.0 Å². The molecule has 1 saturated heterocycles. The molecule has 1 unspecified atom stereocenters. The third kappa shape index (κ3) is 4.12. The summed E-state index contributed by atoms with van der Waals surface area (Å²) in [6, 6.07) is 6.25. The van der Waals surface area contributed by atoms with Crippen LogP contribution in [-0.4, -0.2) is 35.8 Å². The molecule has 3 rings (SSSR count). The van der Waals surface area contributed by atoms with Crippen molar-refractivity contribution >= 4 is 0 Å². The number of unbranched alkanes of at least 4 members (excludes halogenated alkanes) is 1. The summed E-state index contributed by atoms with van der Waals surface area (Å²) >= 11 is 0. The number of rotatable bonds is 8. The first-order valence-electron chi connectivity index (χ1n) is 9.02. The largest absolute Gasteiger partial charge is 0.497 e. The van der Waals surface area contributed by atoms with Gasteiger partial charge in [-0.1, -0.05) is 18.5 Å². The minimum absolute atomic E-state index is 0.274. The molecule has 1 aliphatic heterocycles. The number of benzene rings is 1. The molecule has 0 aliphatic carbocycles. The molecule has 0 spiro atoms. The summed E-state index contributed by atoms with van der Waals surface area (Å²) in [5.41, 5.74) is 1.16. The predicted octanol–water partition coefficient (Wildman–Crippen LogP) is 3.77. The van der Waals surface area contributed by atoms with Crippen molar-refractivity contribution in [3.8, 4) is 11.5 Å². The first-order chi connectivity index (χ1) is 12.2. The van der Waals surface area contributed by atoms with Gasteiger partial charge in [0.15, 0.2) is 5.82 Å². The molecular weight excluding hydrogens is 318 g/mol. The average molecular weight is 345 g/mol. The molecule has 0 radical (unpaired) electrons. The number of nitrogens with zero attached hydrogens (tertiary/aromatic N) is 3. The predicted molar refractivity (Wildman–Crippen MR) is 94.8 cm³/mol. The highest BCUT2D eigenvalue weighted by molar-refractivity contribution is 5.42. The van der Waals surface area contributed by atoms with Crippen LogP contribution >= 0.6 is 0 Å². The van der Waals surface area contributed by atoms with Gasteiger partial charge >= 0.3 is 0 Å². The molecule has 0 bridgehead atoms. The lowest BCUT2D eigenvalue weighted by Crippen LogP contribution is -2.23. The molecular formula is C19H27N3O3. The van der Waals surface area contributed by atoms with Crippen LogP contribution in [0.25, 0.3) is 0 Å². The Morgan fingerprint density at radius 1 is 1.28 bits per heavy atom. The Labute approximate surface area is 149 Å². The van der Waals surface area contributed by atoms with Gasteiger partial charge in [0.05, 0.1) is 20.8 Å². The van der Waals surface area contributed by atoms with E-state index in [1.807, 2.05) is 12.1 Å². The minimum Gasteiger partial charge on any atom is -0.497 e. The van der Waals surface area contributed by atoms with Crippen LogP contribution in [0.15, 0.2) is 22.7 Å². The molecule has 0 N–H and O–H groups in total. The molecule has 25 heavy (non-hydrogen) atoms. The average Bonchev–Trinajstić information content (AvgIpc) is 3.29. The Balaban J connectivity index is 1.75. The summed E-state index contributed by atoms with van der Waals surface area (Å²) in [5.74, 6) is 3.25. The topological polar surface area (TPSA) is 60.6 Å². The summed E-state index contributed by atoms with van der Waals surface area (Å²) in [6.07, 6.45) is 5.33. The summed E-state index contributed by atoms with van der Waals surface area (Å²) < 4.78 is 16.4. The number of aromatic nitrogens is 2. The quantitative estimate of drug-likeness (QED) is 0.726. The third-order valence-electron chi connectivity index (χ3n) is 4.76. The molecule has 1 atom stereocenters. The van der Waals surface area contributed by atoms with E-state index in [0.29, 0.717) is 12.4 Å². The Kier molecular flexibility index (Phi) is 5.91. The van der Waals surface area contributed by atoms with Crippen LogP contribution < -0.4 is 9.47 Å². The van der Waals surface area contributed by atoms with Gasteiger partial charge in [-0.15, -0.1) is 0 Å². The molecule has 1 fully saturated rings. The van der Waals surface area contributed by atoms with Gasteiger partial charge < -0.3 is 14.0 Å². The number of methoxy groups -OCH3 is 2. The lowest BCUT2D eigenvalue weighted by atomic mass is 10.0. The fraction of sp³-hybridized carbons (Fsp3) is 0.579. The van der Waals surface area contributed by atoms with E-state index in [0.717, 1.165) is 61.5 Å². The van der Waals surface area contributed by atoms with E-state index in [-0.39, 0.29) is 6.04 Å². The van der Waals surface area contributed by atoms with Gasteiger partial charge in [-0.3, -0.25) is 4.90 Å². The van der Waals surface area contributed by atoms with Crippen molar-refractivity contribution in [2.45, 2.75) is 51.6 Å². The van der Waals surface area contributed by atoms with E-state index in [4.69, 9.17) is 14.0 Å². The molecule has 0 saturated carbocycles. The smallest absolute Gasteiger partial charge is 0.240 e. The maximum Gasteiger partial charge on any atom is 0.240 e. The molecule has 6 nitrogen and oxygen atoms in total. The second-order valence-electron chi connectivity index (χ2n) is 6.44.